The molecule has 0 aromatic heterocycles. The summed E-state index contributed by atoms with van der Waals surface area (Å²) in [7, 11) is 0.699. The first-order valence-corrected chi connectivity index (χ1v) is 8.74. The summed E-state index contributed by atoms with van der Waals surface area (Å²) in [5.74, 6) is 0. The van der Waals surface area contributed by atoms with Gasteiger partial charge in [0.25, 0.3) is 4.33 Å². The van der Waals surface area contributed by atoms with Crippen LogP contribution in [0, 0.1) is 0 Å². The van der Waals surface area contributed by atoms with Gasteiger partial charge in [0.2, 0.25) is 0 Å². The normalized spacial score (nSPS) is 16.7. The molecule has 0 heterocycles. The second-order valence-corrected chi connectivity index (χ2v) is 10.5. The lowest BCUT2D eigenvalue weighted by molar-refractivity contribution is -0.174. The van der Waals surface area contributed by atoms with Crippen molar-refractivity contribution in [3.63, 3.8) is 0 Å². The third kappa shape index (κ3) is 4.41. The molecule has 0 amide bonds. The highest BCUT2D eigenvalue weighted by Crippen LogP contribution is 2.44. The van der Waals surface area contributed by atoms with Crippen molar-refractivity contribution < 1.29 is 17.6 Å². The predicted octanol–water partition coefficient (Wildman–Crippen LogP) is 3.46. The number of nitrogens with zero attached hydrogens (tertiary/aromatic N) is 1. The number of hydrogen-bond donors (Lipinski definition) is 0. The minimum atomic E-state index is -4.75. The van der Waals surface area contributed by atoms with Crippen molar-refractivity contribution in [2.45, 2.75) is 36.4 Å². The minimum absolute atomic E-state index is 1.23. The molecular formula is C8H16Cl2F3NOSi. The van der Waals surface area contributed by atoms with E-state index in [-0.39, 0.29) is 0 Å². The number of alkyl halides is 5. The van der Waals surface area contributed by atoms with Crippen LogP contribution in [0.25, 0.3) is 0 Å². The van der Waals surface area contributed by atoms with Crippen molar-refractivity contribution in [2.24, 2.45) is 0 Å². The summed E-state index contributed by atoms with van der Waals surface area (Å²) in [5.41, 5.74) is 0. The highest BCUT2D eigenvalue weighted by atomic mass is 35.5. The fourth-order valence-corrected chi connectivity index (χ4v) is 2.66. The van der Waals surface area contributed by atoms with Gasteiger partial charge in [0.15, 0.2) is 8.32 Å². The fraction of sp³-hybridized carbons (Fsp3) is 1.00. The Hall–Kier alpha value is 0.507. The van der Waals surface area contributed by atoms with E-state index in [0.717, 1.165) is 0 Å². The largest absolute Gasteiger partial charge is 0.425 e. The van der Waals surface area contributed by atoms with Gasteiger partial charge >= 0.3 is 6.18 Å². The van der Waals surface area contributed by atoms with Crippen LogP contribution in [0.4, 0.5) is 13.2 Å². The maximum Gasteiger partial charge on any atom is 0.425 e. The summed E-state index contributed by atoms with van der Waals surface area (Å²) < 4.78 is 40.4. The standard InChI is InChI=1S/C8H16Cl2F3NOSi/c1-14(2)6(15-16(3,4)5)7(9,10)8(11,12)13/h6H,1-5H3. The summed E-state index contributed by atoms with van der Waals surface area (Å²) in [6.07, 6.45) is -6.16. The molecule has 0 saturated carbocycles. The zero-order chi connectivity index (χ0) is 13.4. The first-order chi connectivity index (χ1) is 6.79. The lowest BCUT2D eigenvalue weighted by Crippen LogP contribution is -2.56. The lowest BCUT2D eigenvalue weighted by Gasteiger charge is -2.39. The van der Waals surface area contributed by atoms with Gasteiger partial charge in [-0.05, 0) is 33.7 Å². The molecule has 0 spiro atoms. The third-order valence-corrected chi connectivity index (χ3v) is 3.35. The zero-order valence-corrected chi connectivity index (χ0v) is 12.3. The van der Waals surface area contributed by atoms with E-state index < -0.39 is 25.1 Å². The summed E-state index contributed by atoms with van der Waals surface area (Å²) in [4.78, 5) is 1.23. The smallest absolute Gasteiger partial charge is 0.399 e. The molecule has 98 valence electrons. The quantitative estimate of drug-likeness (QED) is 0.448. The van der Waals surface area contributed by atoms with Crippen LogP contribution < -0.4 is 0 Å². The van der Waals surface area contributed by atoms with Crippen LogP contribution >= 0.6 is 23.2 Å². The monoisotopic (exact) mass is 297 g/mol. The van der Waals surface area contributed by atoms with E-state index in [1.54, 1.807) is 19.6 Å². The second kappa shape index (κ2) is 5.02. The minimum Gasteiger partial charge on any atom is -0.399 e. The summed E-state index contributed by atoms with van der Waals surface area (Å²) in [6, 6.07) is 0. The molecule has 0 saturated heterocycles. The van der Waals surface area contributed by atoms with Crippen LogP contribution in [0.1, 0.15) is 0 Å². The molecule has 0 fully saturated rings. The molecule has 0 aliphatic heterocycles. The second-order valence-electron chi connectivity index (χ2n) is 4.67. The molecule has 0 rings (SSSR count). The molecule has 0 bridgehead atoms. The first-order valence-electron chi connectivity index (χ1n) is 4.58. The first kappa shape index (κ1) is 16.5. The topological polar surface area (TPSA) is 12.5 Å². The predicted molar refractivity (Wildman–Crippen MR) is 62.4 cm³/mol. The van der Waals surface area contributed by atoms with Crippen LogP contribution in [0.5, 0.6) is 0 Å². The van der Waals surface area contributed by atoms with Crippen molar-refractivity contribution in [1.82, 2.24) is 4.90 Å². The van der Waals surface area contributed by atoms with Crippen LogP contribution in [0.15, 0.2) is 0 Å². The molecule has 8 heteroatoms. The Kier molecular flexibility index (Phi) is 5.17. The maximum atomic E-state index is 12.7. The van der Waals surface area contributed by atoms with E-state index in [1.807, 2.05) is 0 Å². The van der Waals surface area contributed by atoms with Gasteiger partial charge in [-0.3, -0.25) is 4.90 Å². The van der Waals surface area contributed by atoms with Gasteiger partial charge in [-0.25, -0.2) is 0 Å². The SMILES string of the molecule is CN(C)C(O[Si](C)(C)C)C(Cl)(Cl)C(F)(F)F. The molecular weight excluding hydrogens is 282 g/mol. The van der Waals surface area contributed by atoms with Crippen LogP contribution in [-0.2, 0) is 4.43 Å². The van der Waals surface area contributed by atoms with E-state index in [0.29, 0.717) is 0 Å². The molecule has 0 aliphatic carbocycles. The van der Waals surface area contributed by atoms with Gasteiger partial charge in [-0.1, -0.05) is 23.2 Å². The lowest BCUT2D eigenvalue weighted by atomic mass is 10.3. The van der Waals surface area contributed by atoms with Gasteiger partial charge < -0.3 is 4.43 Å². The Morgan fingerprint density at radius 2 is 1.50 bits per heavy atom. The Morgan fingerprint density at radius 1 is 1.12 bits per heavy atom. The van der Waals surface area contributed by atoms with Crippen molar-refractivity contribution >= 4 is 31.5 Å². The van der Waals surface area contributed by atoms with Gasteiger partial charge in [0, 0.05) is 0 Å². The molecule has 0 radical (unpaired) electrons. The molecule has 0 N–H and O–H groups in total. The average Bonchev–Trinajstić information content (AvgIpc) is 1.95. The molecule has 2 nitrogen and oxygen atoms in total. The molecule has 0 aromatic carbocycles. The summed E-state index contributed by atoms with van der Waals surface area (Å²) in [5, 5.41) is 0. The maximum absolute atomic E-state index is 12.7. The van der Waals surface area contributed by atoms with Gasteiger partial charge in [-0.15, -0.1) is 0 Å². The van der Waals surface area contributed by atoms with Crippen molar-refractivity contribution in [2.75, 3.05) is 14.1 Å². The van der Waals surface area contributed by atoms with Gasteiger partial charge in [-0.2, -0.15) is 13.2 Å². The zero-order valence-electron chi connectivity index (χ0n) is 9.82. The van der Waals surface area contributed by atoms with E-state index in [1.165, 1.54) is 19.0 Å². The fourth-order valence-electron chi connectivity index (χ4n) is 0.979. The van der Waals surface area contributed by atoms with E-state index in [2.05, 4.69) is 0 Å². The number of hydrogen-bond acceptors (Lipinski definition) is 2. The van der Waals surface area contributed by atoms with Crippen LogP contribution in [-0.4, -0.2) is 44.1 Å². The number of halogens is 5. The molecule has 16 heavy (non-hydrogen) atoms. The highest BCUT2D eigenvalue weighted by Gasteiger charge is 2.60. The van der Waals surface area contributed by atoms with E-state index >= 15 is 0 Å². The van der Waals surface area contributed by atoms with E-state index in [9.17, 15) is 13.2 Å². The van der Waals surface area contributed by atoms with Crippen molar-refractivity contribution in [3.8, 4) is 0 Å². The van der Waals surface area contributed by atoms with Crippen LogP contribution in [0.3, 0.4) is 0 Å². The van der Waals surface area contributed by atoms with Crippen molar-refractivity contribution in [1.29, 1.82) is 0 Å². The Balaban J connectivity index is 5.07. The Labute approximate surface area is 105 Å². The summed E-state index contributed by atoms with van der Waals surface area (Å²) in [6.45, 7) is 5.30. The highest BCUT2D eigenvalue weighted by molar-refractivity contribution is 6.70. The molecule has 1 unspecified atom stereocenters. The summed E-state index contributed by atoms with van der Waals surface area (Å²) >= 11 is 10.8. The van der Waals surface area contributed by atoms with E-state index in [4.69, 9.17) is 27.6 Å². The Bertz CT molecular complexity index is 240. The van der Waals surface area contributed by atoms with Crippen molar-refractivity contribution in [3.05, 3.63) is 0 Å². The van der Waals surface area contributed by atoms with Gasteiger partial charge in [0.05, 0.1) is 0 Å². The average molecular weight is 298 g/mol. The molecule has 1 atom stereocenters. The van der Waals surface area contributed by atoms with Crippen LogP contribution in [0.2, 0.25) is 19.6 Å². The third-order valence-electron chi connectivity index (χ3n) is 1.62. The number of rotatable bonds is 4. The van der Waals surface area contributed by atoms with Gasteiger partial charge in [0.1, 0.15) is 6.23 Å². The molecule has 0 aliphatic rings. The molecule has 0 aromatic rings. The Morgan fingerprint density at radius 3 is 1.69 bits per heavy atom.